The van der Waals surface area contributed by atoms with Gasteiger partial charge in [-0.25, -0.2) is 0 Å². The number of nitrogen functional groups attached to an aromatic ring is 1. The number of aromatic nitrogens is 2. The van der Waals surface area contributed by atoms with Crippen molar-refractivity contribution in [2.45, 2.75) is 25.8 Å². The summed E-state index contributed by atoms with van der Waals surface area (Å²) in [5, 5.41) is 7.03. The average molecular weight is 272 g/mol. The summed E-state index contributed by atoms with van der Waals surface area (Å²) in [4.78, 5) is 11.7. The van der Waals surface area contributed by atoms with Gasteiger partial charge in [-0.3, -0.25) is 9.48 Å². The second-order valence-corrected chi connectivity index (χ2v) is 4.71. The highest BCUT2D eigenvalue weighted by atomic mass is 16.1. The van der Waals surface area contributed by atoms with Crippen LogP contribution in [-0.4, -0.2) is 22.2 Å². The minimum Gasteiger partial charge on any atom is -0.399 e. The highest BCUT2D eigenvalue weighted by Crippen LogP contribution is 2.07. The number of benzene rings is 1. The monoisotopic (exact) mass is 272 g/mol. The van der Waals surface area contributed by atoms with E-state index in [1.54, 1.807) is 6.20 Å². The molecule has 0 aliphatic heterocycles. The minimum absolute atomic E-state index is 0.0855. The second-order valence-electron chi connectivity index (χ2n) is 4.71. The molecule has 1 aromatic heterocycles. The summed E-state index contributed by atoms with van der Waals surface area (Å²) in [5.41, 5.74) is 7.49. The van der Waals surface area contributed by atoms with Crippen molar-refractivity contribution >= 4 is 11.6 Å². The quantitative estimate of drug-likeness (QED) is 0.594. The third kappa shape index (κ3) is 4.76. The van der Waals surface area contributed by atoms with Crippen LogP contribution in [0.1, 0.15) is 18.4 Å². The Morgan fingerprint density at radius 3 is 2.80 bits per heavy atom. The third-order valence-electron chi connectivity index (χ3n) is 3.07. The minimum atomic E-state index is 0.0855. The summed E-state index contributed by atoms with van der Waals surface area (Å²) in [6, 6.07) is 9.53. The Morgan fingerprint density at radius 1 is 1.30 bits per heavy atom. The molecule has 2 aromatic rings. The predicted molar refractivity (Wildman–Crippen MR) is 79.0 cm³/mol. The molecule has 3 N–H and O–H groups in total. The van der Waals surface area contributed by atoms with Crippen molar-refractivity contribution < 1.29 is 4.79 Å². The molecule has 2 rings (SSSR count). The van der Waals surface area contributed by atoms with Crippen LogP contribution in [0.5, 0.6) is 0 Å². The fraction of sp³-hybridized carbons (Fsp3) is 0.333. The van der Waals surface area contributed by atoms with E-state index in [9.17, 15) is 4.79 Å². The molecule has 1 aromatic carbocycles. The van der Waals surface area contributed by atoms with Crippen molar-refractivity contribution in [3.63, 3.8) is 0 Å². The number of nitrogens with zero attached hydrogens (tertiary/aromatic N) is 2. The number of carbonyl (C=O) groups is 1. The number of nitrogens with one attached hydrogen (secondary N) is 1. The topological polar surface area (TPSA) is 72.9 Å². The van der Waals surface area contributed by atoms with E-state index in [0.29, 0.717) is 13.0 Å². The van der Waals surface area contributed by atoms with Crippen molar-refractivity contribution in [3.05, 3.63) is 48.3 Å². The summed E-state index contributed by atoms with van der Waals surface area (Å²) < 4.78 is 1.86. The first-order chi connectivity index (χ1) is 9.74. The molecule has 1 heterocycles. The molecule has 0 aliphatic rings. The molecule has 0 aliphatic carbocycles. The Balaban J connectivity index is 1.59. The lowest BCUT2D eigenvalue weighted by atomic mass is 10.1. The maximum atomic E-state index is 11.7. The zero-order chi connectivity index (χ0) is 14.2. The Hall–Kier alpha value is -2.30. The Labute approximate surface area is 118 Å². The van der Waals surface area contributed by atoms with Gasteiger partial charge < -0.3 is 11.1 Å². The summed E-state index contributed by atoms with van der Waals surface area (Å²) in [6.45, 7) is 1.51. The molecule has 0 fully saturated rings. The van der Waals surface area contributed by atoms with E-state index in [0.717, 1.165) is 30.6 Å². The molecule has 0 saturated heterocycles. The first-order valence-electron chi connectivity index (χ1n) is 6.82. The molecule has 0 unspecified atom stereocenters. The fourth-order valence-corrected chi connectivity index (χ4v) is 1.93. The number of amides is 1. The highest BCUT2D eigenvalue weighted by molar-refractivity contribution is 5.76. The zero-order valence-corrected chi connectivity index (χ0v) is 11.5. The van der Waals surface area contributed by atoms with Gasteiger partial charge in [0.2, 0.25) is 5.91 Å². The van der Waals surface area contributed by atoms with Crippen LogP contribution < -0.4 is 11.1 Å². The molecule has 0 bridgehead atoms. The van der Waals surface area contributed by atoms with Gasteiger partial charge >= 0.3 is 0 Å². The number of aryl methyl sites for hydroxylation is 2. The molecule has 5 heteroatoms. The maximum Gasteiger partial charge on any atom is 0.220 e. The van der Waals surface area contributed by atoms with Gasteiger partial charge in [0.1, 0.15) is 0 Å². The lowest BCUT2D eigenvalue weighted by Gasteiger charge is -2.06. The molecule has 0 saturated carbocycles. The normalized spacial score (nSPS) is 10.4. The van der Waals surface area contributed by atoms with Crippen molar-refractivity contribution in [1.29, 1.82) is 0 Å². The van der Waals surface area contributed by atoms with Gasteiger partial charge in [-0.15, -0.1) is 0 Å². The van der Waals surface area contributed by atoms with E-state index in [4.69, 9.17) is 5.73 Å². The molecule has 5 nitrogen and oxygen atoms in total. The smallest absolute Gasteiger partial charge is 0.220 e. The summed E-state index contributed by atoms with van der Waals surface area (Å²) in [5.74, 6) is 0.0855. The van der Waals surface area contributed by atoms with E-state index in [2.05, 4.69) is 10.4 Å². The predicted octanol–water partition coefficient (Wildman–Crippen LogP) is 1.60. The van der Waals surface area contributed by atoms with E-state index in [1.165, 1.54) is 0 Å². The van der Waals surface area contributed by atoms with Crippen LogP contribution in [0.4, 0.5) is 5.69 Å². The van der Waals surface area contributed by atoms with Crippen molar-refractivity contribution in [1.82, 2.24) is 15.1 Å². The molecule has 0 spiro atoms. The number of nitrogens with two attached hydrogens (primary N) is 1. The van der Waals surface area contributed by atoms with E-state index in [-0.39, 0.29) is 5.91 Å². The lowest BCUT2D eigenvalue weighted by Crippen LogP contribution is -2.25. The van der Waals surface area contributed by atoms with Crippen LogP contribution in [0.3, 0.4) is 0 Å². The first-order valence-corrected chi connectivity index (χ1v) is 6.82. The standard InChI is InChI=1S/C15H20N4O/c16-14-6-3-13(4-7-14)5-8-15(20)17-9-1-11-19-12-2-10-18-19/h2-4,6-7,10,12H,1,5,8-9,11,16H2,(H,17,20). The van der Waals surface area contributed by atoms with Gasteiger partial charge in [-0.1, -0.05) is 12.1 Å². The first kappa shape index (κ1) is 14.1. The van der Waals surface area contributed by atoms with Gasteiger partial charge in [-0.2, -0.15) is 5.10 Å². The molecule has 0 radical (unpaired) electrons. The highest BCUT2D eigenvalue weighted by Gasteiger charge is 2.02. The van der Waals surface area contributed by atoms with Crippen molar-refractivity contribution in [3.8, 4) is 0 Å². The molecule has 0 atom stereocenters. The van der Waals surface area contributed by atoms with Crippen LogP contribution in [0.15, 0.2) is 42.7 Å². The Bertz CT molecular complexity index is 519. The number of anilines is 1. The molecule has 1 amide bonds. The van der Waals surface area contributed by atoms with Crippen LogP contribution in [0.25, 0.3) is 0 Å². The molecular weight excluding hydrogens is 252 g/mol. The maximum absolute atomic E-state index is 11.7. The van der Waals surface area contributed by atoms with Crippen LogP contribution in [0, 0.1) is 0 Å². The largest absolute Gasteiger partial charge is 0.399 e. The molecule has 20 heavy (non-hydrogen) atoms. The molecule has 106 valence electrons. The van der Waals surface area contributed by atoms with E-state index < -0.39 is 0 Å². The number of carbonyl (C=O) groups excluding carboxylic acids is 1. The van der Waals surface area contributed by atoms with Crippen molar-refractivity contribution in [2.24, 2.45) is 0 Å². The van der Waals surface area contributed by atoms with Gasteiger partial charge in [-0.05, 0) is 36.6 Å². The van der Waals surface area contributed by atoms with Gasteiger partial charge in [0.15, 0.2) is 0 Å². The Kier molecular flexibility index (Phi) is 5.17. The van der Waals surface area contributed by atoms with Gasteiger partial charge in [0.05, 0.1) is 0 Å². The number of hydrogen-bond acceptors (Lipinski definition) is 3. The number of rotatable bonds is 7. The van der Waals surface area contributed by atoms with E-state index in [1.807, 2.05) is 41.2 Å². The Morgan fingerprint density at radius 2 is 2.10 bits per heavy atom. The van der Waals surface area contributed by atoms with E-state index >= 15 is 0 Å². The van der Waals surface area contributed by atoms with Gasteiger partial charge in [0, 0.05) is 37.6 Å². The van der Waals surface area contributed by atoms with Gasteiger partial charge in [0.25, 0.3) is 0 Å². The summed E-state index contributed by atoms with van der Waals surface area (Å²) >= 11 is 0. The lowest BCUT2D eigenvalue weighted by molar-refractivity contribution is -0.121. The number of hydrogen-bond donors (Lipinski definition) is 2. The second kappa shape index (κ2) is 7.33. The fourth-order valence-electron chi connectivity index (χ4n) is 1.93. The van der Waals surface area contributed by atoms with Crippen LogP contribution in [-0.2, 0) is 17.8 Å². The van der Waals surface area contributed by atoms with Crippen molar-refractivity contribution in [2.75, 3.05) is 12.3 Å². The SMILES string of the molecule is Nc1ccc(CCC(=O)NCCCn2cccn2)cc1. The van der Waals surface area contributed by atoms with Crippen LogP contribution >= 0.6 is 0 Å². The third-order valence-corrected chi connectivity index (χ3v) is 3.07. The van der Waals surface area contributed by atoms with Crippen LogP contribution in [0.2, 0.25) is 0 Å². The summed E-state index contributed by atoms with van der Waals surface area (Å²) in [7, 11) is 0. The summed E-state index contributed by atoms with van der Waals surface area (Å²) in [6.07, 6.45) is 5.81. The average Bonchev–Trinajstić information content (AvgIpc) is 2.96. The zero-order valence-electron chi connectivity index (χ0n) is 11.5. The molecular formula is C15H20N4O.